The van der Waals surface area contributed by atoms with Crippen molar-refractivity contribution in [2.24, 2.45) is 4.99 Å². The second-order valence-corrected chi connectivity index (χ2v) is 4.13. The Hall–Kier alpha value is -1.12. The van der Waals surface area contributed by atoms with Crippen molar-refractivity contribution in [3.8, 4) is 5.75 Å². The number of carbonyl (C=O) groups excluding carboxylic acids is 1. The van der Waals surface area contributed by atoms with Gasteiger partial charge in [0, 0.05) is 10.4 Å². The predicted molar refractivity (Wildman–Crippen MR) is 62.1 cm³/mol. The first kappa shape index (κ1) is 12.0. The van der Waals surface area contributed by atoms with E-state index in [1.165, 1.54) is 0 Å². The molecular weight excluding hydrogens is 258 g/mol. The molecule has 0 N–H and O–H groups in total. The van der Waals surface area contributed by atoms with Gasteiger partial charge in [0.2, 0.25) is 6.08 Å². The number of hydrogen-bond acceptors (Lipinski definition) is 3. The Morgan fingerprint density at radius 2 is 2.33 bits per heavy atom. The van der Waals surface area contributed by atoms with E-state index in [0.29, 0.717) is 6.54 Å². The van der Waals surface area contributed by atoms with Gasteiger partial charge in [0.05, 0.1) is 13.7 Å². The van der Waals surface area contributed by atoms with Crippen LogP contribution < -0.4 is 4.74 Å². The highest BCUT2D eigenvalue weighted by atomic mass is 79.9. The highest BCUT2D eigenvalue weighted by Crippen LogP contribution is 2.29. The first-order valence-electron chi connectivity index (χ1n) is 4.56. The topological polar surface area (TPSA) is 38.7 Å². The third kappa shape index (κ3) is 3.18. The van der Waals surface area contributed by atoms with Crippen LogP contribution in [0.1, 0.15) is 18.4 Å². The number of ether oxygens (including phenoxy) is 1. The molecule has 0 aromatic heterocycles. The first-order chi connectivity index (χ1) is 7.19. The van der Waals surface area contributed by atoms with E-state index in [9.17, 15) is 4.79 Å². The zero-order valence-corrected chi connectivity index (χ0v) is 10.2. The second kappa shape index (κ2) is 5.69. The maximum atomic E-state index is 10.0. The number of rotatable bonds is 4. The Labute approximate surface area is 97.3 Å². The lowest BCUT2D eigenvalue weighted by molar-refractivity contribution is 0.406. The van der Waals surface area contributed by atoms with Crippen molar-refractivity contribution in [1.82, 2.24) is 0 Å². The molecule has 3 nitrogen and oxygen atoms in total. The molecular formula is C11H12BrNO2. The molecule has 0 saturated carbocycles. The van der Waals surface area contributed by atoms with Crippen molar-refractivity contribution >= 4 is 22.0 Å². The Kier molecular flexibility index (Phi) is 4.53. The van der Waals surface area contributed by atoms with Gasteiger partial charge in [0.15, 0.2) is 0 Å². The van der Waals surface area contributed by atoms with Crippen LogP contribution in [0.2, 0.25) is 0 Å². The summed E-state index contributed by atoms with van der Waals surface area (Å²) >= 11 is 3.40. The zero-order chi connectivity index (χ0) is 11.3. The van der Waals surface area contributed by atoms with Crippen LogP contribution in [-0.2, 0) is 4.79 Å². The Morgan fingerprint density at radius 1 is 1.60 bits per heavy atom. The fourth-order valence-corrected chi connectivity index (χ4v) is 1.74. The zero-order valence-electron chi connectivity index (χ0n) is 8.66. The molecule has 15 heavy (non-hydrogen) atoms. The molecule has 0 aliphatic carbocycles. The molecule has 80 valence electrons. The number of isocyanates is 1. The minimum atomic E-state index is 0.138. The van der Waals surface area contributed by atoms with Gasteiger partial charge in [-0.2, -0.15) is 0 Å². The molecule has 0 saturated heterocycles. The van der Waals surface area contributed by atoms with Crippen LogP contribution in [0.4, 0.5) is 0 Å². The van der Waals surface area contributed by atoms with E-state index >= 15 is 0 Å². The van der Waals surface area contributed by atoms with Gasteiger partial charge in [0.25, 0.3) is 0 Å². The van der Waals surface area contributed by atoms with Crippen LogP contribution in [-0.4, -0.2) is 19.7 Å². The fourth-order valence-electron chi connectivity index (χ4n) is 1.36. The third-order valence-corrected chi connectivity index (χ3v) is 2.65. The molecule has 0 amide bonds. The van der Waals surface area contributed by atoms with Crippen molar-refractivity contribution in [2.45, 2.75) is 12.8 Å². The van der Waals surface area contributed by atoms with Crippen molar-refractivity contribution in [1.29, 1.82) is 0 Å². The Balaban J connectivity index is 2.99. The van der Waals surface area contributed by atoms with Crippen LogP contribution in [0.15, 0.2) is 27.7 Å². The van der Waals surface area contributed by atoms with Crippen LogP contribution in [0.25, 0.3) is 0 Å². The molecule has 1 unspecified atom stereocenters. The summed E-state index contributed by atoms with van der Waals surface area (Å²) in [6.45, 7) is 2.42. The van der Waals surface area contributed by atoms with Gasteiger partial charge >= 0.3 is 0 Å². The number of benzene rings is 1. The van der Waals surface area contributed by atoms with Gasteiger partial charge in [-0.15, -0.1) is 0 Å². The standard InChI is InChI=1S/C11H12BrNO2/c1-8(6-13-7-14)10-5-9(12)3-4-11(10)15-2/h3-5,8H,6H2,1-2H3. The lowest BCUT2D eigenvalue weighted by Gasteiger charge is -2.13. The Bertz CT molecular complexity index is 386. The molecule has 0 heterocycles. The molecule has 0 bridgehead atoms. The van der Waals surface area contributed by atoms with Gasteiger partial charge in [-0.05, 0) is 23.8 Å². The van der Waals surface area contributed by atoms with Gasteiger partial charge in [-0.1, -0.05) is 22.9 Å². The average molecular weight is 270 g/mol. The van der Waals surface area contributed by atoms with E-state index in [4.69, 9.17) is 4.74 Å². The summed E-state index contributed by atoms with van der Waals surface area (Å²) in [7, 11) is 1.63. The highest BCUT2D eigenvalue weighted by molar-refractivity contribution is 9.10. The average Bonchev–Trinajstić information content (AvgIpc) is 2.25. The molecule has 0 fully saturated rings. The Morgan fingerprint density at radius 3 is 2.93 bits per heavy atom. The summed E-state index contributed by atoms with van der Waals surface area (Å²) in [4.78, 5) is 13.6. The largest absolute Gasteiger partial charge is 0.496 e. The molecule has 0 aliphatic rings. The first-order valence-corrected chi connectivity index (χ1v) is 5.35. The summed E-state index contributed by atoms with van der Waals surface area (Å²) in [6.07, 6.45) is 1.54. The van der Waals surface area contributed by atoms with Crippen LogP contribution >= 0.6 is 15.9 Å². The lowest BCUT2D eigenvalue weighted by Crippen LogP contribution is -2.00. The molecule has 0 aliphatic heterocycles. The van der Waals surface area contributed by atoms with Crippen LogP contribution in [0.3, 0.4) is 0 Å². The molecule has 1 atom stereocenters. The molecule has 0 radical (unpaired) electrons. The fraction of sp³-hybridized carbons (Fsp3) is 0.364. The number of aliphatic imine (C=N–C) groups is 1. The summed E-state index contributed by atoms with van der Waals surface area (Å²) in [5.74, 6) is 0.950. The van der Waals surface area contributed by atoms with E-state index in [1.807, 2.05) is 25.1 Å². The highest BCUT2D eigenvalue weighted by Gasteiger charge is 2.11. The summed E-state index contributed by atoms with van der Waals surface area (Å²) < 4.78 is 6.23. The van der Waals surface area contributed by atoms with Crippen LogP contribution in [0.5, 0.6) is 5.75 Å². The summed E-state index contributed by atoms with van der Waals surface area (Å²) in [5, 5.41) is 0. The van der Waals surface area contributed by atoms with E-state index in [0.717, 1.165) is 15.8 Å². The van der Waals surface area contributed by atoms with E-state index in [-0.39, 0.29) is 5.92 Å². The second-order valence-electron chi connectivity index (χ2n) is 3.22. The van der Waals surface area contributed by atoms with Crippen molar-refractivity contribution in [2.75, 3.05) is 13.7 Å². The van der Waals surface area contributed by atoms with Gasteiger partial charge in [-0.25, -0.2) is 9.79 Å². The monoisotopic (exact) mass is 269 g/mol. The third-order valence-electron chi connectivity index (χ3n) is 2.15. The molecule has 1 rings (SSSR count). The summed E-state index contributed by atoms with van der Waals surface area (Å²) in [5.41, 5.74) is 1.03. The molecule has 0 spiro atoms. The van der Waals surface area contributed by atoms with Gasteiger partial charge in [0.1, 0.15) is 5.75 Å². The lowest BCUT2D eigenvalue weighted by atomic mass is 10.0. The van der Waals surface area contributed by atoms with Gasteiger partial charge in [-0.3, -0.25) is 0 Å². The van der Waals surface area contributed by atoms with Crippen molar-refractivity contribution in [3.63, 3.8) is 0 Å². The predicted octanol–water partition coefficient (Wildman–Crippen LogP) is 2.90. The molecule has 4 heteroatoms. The number of halogens is 1. The minimum absolute atomic E-state index is 0.138. The molecule has 1 aromatic carbocycles. The van der Waals surface area contributed by atoms with Crippen LogP contribution in [0, 0.1) is 0 Å². The maximum absolute atomic E-state index is 10.0. The number of methoxy groups -OCH3 is 1. The van der Waals surface area contributed by atoms with E-state index in [2.05, 4.69) is 20.9 Å². The van der Waals surface area contributed by atoms with Crippen molar-refractivity contribution < 1.29 is 9.53 Å². The maximum Gasteiger partial charge on any atom is 0.234 e. The summed E-state index contributed by atoms with van der Waals surface area (Å²) in [6, 6.07) is 5.78. The smallest absolute Gasteiger partial charge is 0.234 e. The van der Waals surface area contributed by atoms with Gasteiger partial charge < -0.3 is 4.74 Å². The number of nitrogens with zero attached hydrogens (tertiary/aromatic N) is 1. The normalized spacial score (nSPS) is 11.7. The van der Waals surface area contributed by atoms with E-state index in [1.54, 1.807) is 13.2 Å². The van der Waals surface area contributed by atoms with E-state index < -0.39 is 0 Å². The quantitative estimate of drug-likeness (QED) is 0.623. The minimum Gasteiger partial charge on any atom is -0.496 e. The molecule has 1 aromatic rings. The number of hydrogen-bond donors (Lipinski definition) is 0. The van der Waals surface area contributed by atoms with Crippen molar-refractivity contribution in [3.05, 3.63) is 28.2 Å². The SMILES string of the molecule is COc1ccc(Br)cc1C(C)CN=C=O.